The Balaban J connectivity index is 2.15. The summed E-state index contributed by atoms with van der Waals surface area (Å²) in [5.74, 6) is 0.290. The van der Waals surface area contributed by atoms with Crippen LogP contribution < -0.4 is 5.32 Å². The SMILES string of the molecule is Cn1nccc1NC(=O)c1cnc(Br)cn1. The van der Waals surface area contributed by atoms with Crippen LogP contribution in [0.4, 0.5) is 5.82 Å². The Morgan fingerprint density at radius 2 is 2.25 bits per heavy atom. The monoisotopic (exact) mass is 281 g/mol. The lowest BCUT2D eigenvalue weighted by atomic mass is 10.4. The van der Waals surface area contributed by atoms with Crippen LogP contribution in [0.3, 0.4) is 0 Å². The number of amides is 1. The van der Waals surface area contributed by atoms with Gasteiger partial charge in [0.05, 0.1) is 18.6 Å². The molecule has 2 aromatic heterocycles. The molecule has 2 heterocycles. The Morgan fingerprint density at radius 3 is 2.81 bits per heavy atom. The number of anilines is 1. The number of carbonyl (C=O) groups is 1. The summed E-state index contributed by atoms with van der Waals surface area (Å²) in [6.45, 7) is 0. The minimum absolute atomic E-state index is 0.254. The summed E-state index contributed by atoms with van der Waals surface area (Å²) in [4.78, 5) is 19.6. The van der Waals surface area contributed by atoms with Gasteiger partial charge >= 0.3 is 0 Å². The van der Waals surface area contributed by atoms with E-state index in [-0.39, 0.29) is 11.6 Å². The van der Waals surface area contributed by atoms with Crippen molar-refractivity contribution in [2.45, 2.75) is 0 Å². The molecule has 7 heteroatoms. The van der Waals surface area contributed by atoms with Crippen molar-refractivity contribution in [2.24, 2.45) is 7.05 Å². The fraction of sp³-hybridized carbons (Fsp3) is 0.111. The predicted molar refractivity (Wildman–Crippen MR) is 60.9 cm³/mol. The Morgan fingerprint density at radius 1 is 1.44 bits per heavy atom. The number of carbonyl (C=O) groups excluding carboxylic acids is 1. The second-order valence-corrected chi connectivity index (χ2v) is 3.83. The standard InChI is InChI=1S/C9H8BrN5O/c1-15-8(2-3-13-15)14-9(16)6-4-12-7(10)5-11-6/h2-5H,1H3,(H,14,16). The normalized spacial score (nSPS) is 10.1. The first-order valence-corrected chi connectivity index (χ1v) is 5.23. The first-order valence-electron chi connectivity index (χ1n) is 4.44. The van der Waals surface area contributed by atoms with Gasteiger partial charge in [0.1, 0.15) is 16.1 Å². The Kier molecular flexibility index (Phi) is 2.95. The summed E-state index contributed by atoms with van der Waals surface area (Å²) < 4.78 is 2.15. The number of rotatable bonds is 2. The Labute approximate surface area is 99.8 Å². The molecule has 82 valence electrons. The highest BCUT2D eigenvalue weighted by atomic mass is 79.9. The van der Waals surface area contributed by atoms with Gasteiger partial charge in [0.2, 0.25) is 0 Å². The van der Waals surface area contributed by atoms with Gasteiger partial charge in [-0.3, -0.25) is 9.48 Å². The van der Waals surface area contributed by atoms with Gasteiger partial charge in [-0.25, -0.2) is 9.97 Å². The molecule has 16 heavy (non-hydrogen) atoms. The fourth-order valence-electron chi connectivity index (χ4n) is 1.11. The lowest BCUT2D eigenvalue weighted by Crippen LogP contribution is -2.16. The first-order chi connectivity index (χ1) is 7.66. The van der Waals surface area contributed by atoms with Crippen LogP contribution in [0.5, 0.6) is 0 Å². The molecule has 0 spiro atoms. The number of nitrogens with zero attached hydrogens (tertiary/aromatic N) is 4. The van der Waals surface area contributed by atoms with Crippen LogP contribution in [0.15, 0.2) is 29.3 Å². The molecule has 0 aromatic carbocycles. The Hall–Kier alpha value is -1.76. The molecule has 0 aliphatic heterocycles. The summed E-state index contributed by atoms with van der Waals surface area (Å²) in [6, 6.07) is 1.70. The fourth-order valence-corrected chi connectivity index (χ4v) is 1.31. The van der Waals surface area contributed by atoms with E-state index >= 15 is 0 Å². The van der Waals surface area contributed by atoms with Gasteiger partial charge in [0.25, 0.3) is 5.91 Å². The third kappa shape index (κ3) is 2.25. The van der Waals surface area contributed by atoms with E-state index in [9.17, 15) is 4.79 Å². The Bertz CT molecular complexity index is 507. The van der Waals surface area contributed by atoms with E-state index < -0.39 is 0 Å². The molecular weight excluding hydrogens is 274 g/mol. The van der Waals surface area contributed by atoms with E-state index in [1.165, 1.54) is 12.4 Å². The van der Waals surface area contributed by atoms with Gasteiger partial charge in [-0.05, 0) is 15.9 Å². The highest BCUT2D eigenvalue weighted by molar-refractivity contribution is 9.10. The molecule has 1 N–H and O–H groups in total. The van der Waals surface area contributed by atoms with Crippen LogP contribution >= 0.6 is 15.9 Å². The zero-order valence-electron chi connectivity index (χ0n) is 8.38. The van der Waals surface area contributed by atoms with Crippen molar-refractivity contribution in [3.63, 3.8) is 0 Å². The third-order valence-corrected chi connectivity index (χ3v) is 2.32. The third-order valence-electron chi connectivity index (χ3n) is 1.92. The van der Waals surface area contributed by atoms with E-state index in [0.29, 0.717) is 10.4 Å². The van der Waals surface area contributed by atoms with Crippen LogP contribution in [-0.2, 0) is 7.05 Å². The van der Waals surface area contributed by atoms with Crippen molar-refractivity contribution in [2.75, 3.05) is 5.32 Å². The largest absolute Gasteiger partial charge is 0.305 e. The summed E-state index contributed by atoms with van der Waals surface area (Å²) in [7, 11) is 1.74. The maximum absolute atomic E-state index is 11.7. The van der Waals surface area contributed by atoms with Gasteiger partial charge in [0.15, 0.2) is 0 Å². The quantitative estimate of drug-likeness (QED) is 0.899. The lowest BCUT2D eigenvalue weighted by molar-refractivity contribution is 0.102. The van der Waals surface area contributed by atoms with Crippen molar-refractivity contribution in [1.82, 2.24) is 19.7 Å². The van der Waals surface area contributed by atoms with Crippen LogP contribution in [0.1, 0.15) is 10.5 Å². The molecule has 0 unspecified atom stereocenters. The minimum atomic E-state index is -0.316. The smallest absolute Gasteiger partial charge is 0.277 e. The molecule has 0 saturated carbocycles. The number of aryl methyl sites for hydroxylation is 1. The summed E-state index contributed by atoms with van der Waals surface area (Å²) in [6.07, 6.45) is 4.47. The molecule has 6 nitrogen and oxygen atoms in total. The molecule has 0 saturated heterocycles. The summed E-state index contributed by atoms with van der Waals surface area (Å²) in [5.41, 5.74) is 0.254. The van der Waals surface area contributed by atoms with Gasteiger partial charge in [-0.2, -0.15) is 5.10 Å². The number of nitrogens with one attached hydrogen (secondary N) is 1. The van der Waals surface area contributed by atoms with Crippen molar-refractivity contribution in [1.29, 1.82) is 0 Å². The van der Waals surface area contributed by atoms with Crippen LogP contribution in [0.25, 0.3) is 0 Å². The molecule has 1 amide bonds. The molecule has 0 fully saturated rings. The van der Waals surface area contributed by atoms with E-state index in [4.69, 9.17) is 0 Å². The zero-order chi connectivity index (χ0) is 11.5. The van der Waals surface area contributed by atoms with Gasteiger partial charge < -0.3 is 5.32 Å². The molecule has 2 aromatic rings. The molecule has 0 aliphatic rings. The van der Waals surface area contributed by atoms with E-state index in [1.807, 2.05) is 0 Å². The number of halogens is 1. The van der Waals surface area contributed by atoms with Crippen LogP contribution in [0.2, 0.25) is 0 Å². The molecule has 0 bridgehead atoms. The van der Waals surface area contributed by atoms with Crippen molar-refractivity contribution in [3.05, 3.63) is 35.0 Å². The summed E-state index contributed by atoms with van der Waals surface area (Å²) in [5, 5.41) is 6.61. The lowest BCUT2D eigenvalue weighted by Gasteiger charge is -2.03. The van der Waals surface area contributed by atoms with E-state index in [2.05, 4.69) is 36.3 Å². The van der Waals surface area contributed by atoms with Gasteiger partial charge in [0, 0.05) is 13.1 Å². The van der Waals surface area contributed by atoms with Gasteiger partial charge in [-0.15, -0.1) is 0 Å². The highest BCUT2D eigenvalue weighted by Gasteiger charge is 2.09. The number of hydrogen-bond acceptors (Lipinski definition) is 4. The van der Waals surface area contributed by atoms with E-state index in [0.717, 1.165) is 0 Å². The predicted octanol–water partition coefficient (Wildman–Crippen LogP) is 1.22. The molecule has 0 atom stereocenters. The average molecular weight is 282 g/mol. The number of hydrogen-bond donors (Lipinski definition) is 1. The van der Waals surface area contributed by atoms with Crippen LogP contribution in [-0.4, -0.2) is 25.7 Å². The molecule has 0 radical (unpaired) electrons. The van der Waals surface area contributed by atoms with Crippen molar-refractivity contribution < 1.29 is 4.79 Å². The highest BCUT2D eigenvalue weighted by Crippen LogP contribution is 2.07. The minimum Gasteiger partial charge on any atom is -0.305 e. The maximum atomic E-state index is 11.7. The second kappa shape index (κ2) is 4.40. The molecular formula is C9H8BrN5O. The number of aromatic nitrogens is 4. The van der Waals surface area contributed by atoms with Crippen molar-refractivity contribution >= 4 is 27.7 Å². The zero-order valence-corrected chi connectivity index (χ0v) is 9.97. The van der Waals surface area contributed by atoms with Crippen molar-refractivity contribution in [3.8, 4) is 0 Å². The molecule has 0 aliphatic carbocycles. The van der Waals surface area contributed by atoms with Crippen LogP contribution in [0, 0.1) is 0 Å². The average Bonchev–Trinajstić information content (AvgIpc) is 2.65. The first kappa shape index (κ1) is 10.7. The topological polar surface area (TPSA) is 72.7 Å². The van der Waals surface area contributed by atoms with Gasteiger partial charge in [-0.1, -0.05) is 0 Å². The molecule has 2 rings (SSSR count). The maximum Gasteiger partial charge on any atom is 0.277 e. The second-order valence-electron chi connectivity index (χ2n) is 3.02. The van der Waals surface area contributed by atoms with E-state index in [1.54, 1.807) is 24.0 Å². The summed E-state index contributed by atoms with van der Waals surface area (Å²) >= 11 is 3.15.